The number of aromatic nitrogens is 1. The van der Waals surface area contributed by atoms with Crippen LogP contribution in [-0.4, -0.2) is 35.9 Å². The molecule has 1 aliphatic rings. The molecule has 2 heterocycles. The summed E-state index contributed by atoms with van der Waals surface area (Å²) in [6.07, 6.45) is 3.16. The molecule has 1 aliphatic heterocycles. The molecule has 0 aliphatic carbocycles. The Morgan fingerprint density at radius 1 is 1.14 bits per heavy atom. The van der Waals surface area contributed by atoms with E-state index in [-0.39, 0.29) is 5.91 Å². The third-order valence-electron chi connectivity index (χ3n) is 4.12. The summed E-state index contributed by atoms with van der Waals surface area (Å²) >= 11 is 0. The molecule has 0 saturated carbocycles. The lowest BCUT2D eigenvalue weighted by Crippen LogP contribution is -2.34. The van der Waals surface area contributed by atoms with Gasteiger partial charge in [0.25, 0.3) is 0 Å². The number of pyridine rings is 1. The first-order valence-electron chi connectivity index (χ1n) is 7.71. The summed E-state index contributed by atoms with van der Waals surface area (Å²) in [5, 5.41) is 0. The number of amides is 1. The molecule has 22 heavy (non-hydrogen) atoms. The quantitative estimate of drug-likeness (QED) is 0.873. The Morgan fingerprint density at radius 2 is 1.95 bits per heavy atom. The molecule has 4 nitrogen and oxygen atoms in total. The van der Waals surface area contributed by atoms with Gasteiger partial charge in [-0.15, -0.1) is 0 Å². The molecule has 0 N–H and O–H groups in total. The first-order chi connectivity index (χ1) is 10.7. The summed E-state index contributed by atoms with van der Waals surface area (Å²) in [5.74, 6) is 1.20. The fraction of sp³-hybridized carbons (Fsp3) is 0.333. The second kappa shape index (κ2) is 6.60. The van der Waals surface area contributed by atoms with Gasteiger partial charge in [0.2, 0.25) is 5.91 Å². The number of carbonyl (C=O) groups is 1. The molecule has 4 heteroatoms. The molecule has 0 saturated heterocycles. The number of anilines is 1. The van der Waals surface area contributed by atoms with Gasteiger partial charge in [0.1, 0.15) is 5.82 Å². The topological polar surface area (TPSA) is 36.4 Å². The molecule has 0 unspecified atom stereocenters. The van der Waals surface area contributed by atoms with Gasteiger partial charge in [-0.3, -0.25) is 4.79 Å². The Bertz CT molecular complexity index is 642. The molecule has 2 aromatic rings. The molecule has 1 aromatic heterocycles. The van der Waals surface area contributed by atoms with E-state index in [2.05, 4.69) is 28.1 Å². The number of fused-ring (bicyclic) bond motifs is 1. The predicted molar refractivity (Wildman–Crippen MR) is 87.7 cm³/mol. The van der Waals surface area contributed by atoms with Crippen molar-refractivity contribution in [1.29, 1.82) is 0 Å². The molecule has 1 amide bonds. The van der Waals surface area contributed by atoms with Gasteiger partial charge in [-0.2, -0.15) is 0 Å². The minimum atomic E-state index is 0.217. The number of nitrogens with zero attached hydrogens (tertiary/aromatic N) is 3. The number of benzene rings is 1. The van der Waals surface area contributed by atoms with E-state index in [0.29, 0.717) is 13.0 Å². The maximum Gasteiger partial charge on any atom is 0.223 e. The standard InChI is InChI=1S/C18H21N3O/c1-20-12-13-21(14-16-8-5-11-19-18(16)20)17(22)10-9-15-6-3-2-4-7-15/h2-8,11H,9-10,12-14H2,1H3. The highest BCUT2D eigenvalue weighted by Gasteiger charge is 2.21. The van der Waals surface area contributed by atoms with Gasteiger partial charge in [0, 0.05) is 44.9 Å². The minimum Gasteiger partial charge on any atom is -0.358 e. The second-order valence-corrected chi connectivity index (χ2v) is 5.71. The molecule has 0 fully saturated rings. The van der Waals surface area contributed by atoms with Gasteiger partial charge >= 0.3 is 0 Å². The lowest BCUT2D eigenvalue weighted by molar-refractivity contribution is -0.131. The summed E-state index contributed by atoms with van der Waals surface area (Å²) in [5.41, 5.74) is 2.33. The average molecular weight is 295 g/mol. The van der Waals surface area contributed by atoms with Crippen LogP contribution in [0.2, 0.25) is 0 Å². The van der Waals surface area contributed by atoms with Crippen molar-refractivity contribution in [3.05, 3.63) is 59.8 Å². The van der Waals surface area contributed by atoms with Crippen molar-refractivity contribution in [3.63, 3.8) is 0 Å². The van der Waals surface area contributed by atoms with Gasteiger partial charge in [0.05, 0.1) is 0 Å². The molecule has 0 atom stereocenters. The lowest BCUT2D eigenvalue weighted by atomic mass is 10.1. The van der Waals surface area contributed by atoms with E-state index in [0.717, 1.165) is 30.9 Å². The Balaban J connectivity index is 1.66. The third-order valence-corrected chi connectivity index (χ3v) is 4.12. The molecule has 0 spiro atoms. The first-order valence-corrected chi connectivity index (χ1v) is 7.71. The van der Waals surface area contributed by atoms with Crippen LogP contribution in [0.4, 0.5) is 5.82 Å². The fourth-order valence-electron chi connectivity index (χ4n) is 2.83. The van der Waals surface area contributed by atoms with Crippen molar-refractivity contribution in [1.82, 2.24) is 9.88 Å². The van der Waals surface area contributed by atoms with Crippen LogP contribution in [0.5, 0.6) is 0 Å². The Morgan fingerprint density at radius 3 is 2.77 bits per heavy atom. The number of rotatable bonds is 3. The van der Waals surface area contributed by atoms with E-state index in [1.807, 2.05) is 42.4 Å². The van der Waals surface area contributed by atoms with Crippen molar-refractivity contribution in [2.45, 2.75) is 19.4 Å². The van der Waals surface area contributed by atoms with Crippen LogP contribution >= 0.6 is 0 Å². The molecule has 0 bridgehead atoms. The number of aryl methyl sites for hydroxylation is 1. The number of hydrogen-bond donors (Lipinski definition) is 0. The van der Waals surface area contributed by atoms with Crippen LogP contribution in [0.25, 0.3) is 0 Å². The highest BCUT2D eigenvalue weighted by Crippen LogP contribution is 2.21. The van der Waals surface area contributed by atoms with Crippen molar-refractivity contribution >= 4 is 11.7 Å². The van der Waals surface area contributed by atoms with Crippen LogP contribution in [0, 0.1) is 0 Å². The van der Waals surface area contributed by atoms with E-state index >= 15 is 0 Å². The zero-order chi connectivity index (χ0) is 15.4. The molecular weight excluding hydrogens is 274 g/mol. The van der Waals surface area contributed by atoms with Gasteiger partial charge < -0.3 is 9.80 Å². The summed E-state index contributed by atoms with van der Waals surface area (Å²) in [6.45, 7) is 2.22. The maximum absolute atomic E-state index is 12.5. The van der Waals surface area contributed by atoms with Gasteiger partial charge in [-0.25, -0.2) is 4.98 Å². The fourth-order valence-corrected chi connectivity index (χ4v) is 2.83. The number of hydrogen-bond acceptors (Lipinski definition) is 3. The van der Waals surface area contributed by atoms with Crippen LogP contribution in [-0.2, 0) is 17.8 Å². The summed E-state index contributed by atoms with van der Waals surface area (Å²) in [7, 11) is 2.03. The summed E-state index contributed by atoms with van der Waals surface area (Å²) in [6, 6.07) is 14.2. The average Bonchev–Trinajstić information content (AvgIpc) is 2.73. The summed E-state index contributed by atoms with van der Waals surface area (Å²) in [4.78, 5) is 21.0. The molecule has 114 valence electrons. The molecule has 1 aromatic carbocycles. The first kappa shape index (κ1) is 14.6. The Kier molecular flexibility index (Phi) is 4.37. The van der Waals surface area contributed by atoms with E-state index in [1.54, 1.807) is 0 Å². The highest BCUT2D eigenvalue weighted by molar-refractivity contribution is 5.77. The van der Waals surface area contributed by atoms with Crippen LogP contribution in [0.15, 0.2) is 48.7 Å². The zero-order valence-electron chi connectivity index (χ0n) is 12.9. The minimum absolute atomic E-state index is 0.217. The van der Waals surface area contributed by atoms with E-state index in [1.165, 1.54) is 5.56 Å². The van der Waals surface area contributed by atoms with Crippen LogP contribution < -0.4 is 4.90 Å². The normalized spacial score (nSPS) is 14.4. The van der Waals surface area contributed by atoms with Crippen molar-refractivity contribution in [2.24, 2.45) is 0 Å². The van der Waals surface area contributed by atoms with Gasteiger partial charge in [-0.05, 0) is 18.1 Å². The molecule has 3 rings (SSSR count). The second-order valence-electron chi connectivity index (χ2n) is 5.71. The maximum atomic E-state index is 12.5. The van der Waals surface area contributed by atoms with E-state index in [9.17, 15) is 4.79 Å². The van der Waals surface area contributed by atoms with Gasteiger partial charge in [0.15, 0.2) is 0 Å². The molecular formula is C18H21N3O. The Hall–Kier alpha value is -2.36. The zero-order valence-corrected chi connectivity index (χ0v) is 12.9. The van der Waals surface area contributed by atoms with Crippen molar-refractivity contribution in [2.75, 3.05) is 25.0 Å². The highest BCUT2D eigenvalue weighted by atomic mass is 16.2. The smallest absolute Gasteiger partial charge is 0.223 e. The monoisotopic (exact) mass is 295 g/mol. The largest absolute Gasteiger partial charge is 0.358 e. The van der Waals surface area contributed by atoms with Crippen molar-refractivity contribution < 1.29 is 4.79 Å². The van der Waals surface area contributed by atoms with E-state index < -0.39 is 0 Å². The molecule has 0 radical (unpaired) electrons. The van der Waals surface area contributed by atoms with Crippen LogP contribution in [0.1, 0.15) is 17.5 Å². The van der Waals surface area contributed by atoms with Gasteiger partial charge in [-0.1, -0.05) is 36.4 Å². The number of likely N-dealkylation sites (N-methyl/N-ethyl adjacent to an activating group) is 1. The van der Waals surface area contributed by atoms with E-state index in [4.69, 9.17) is 0 Å². The predicted octanol–water partition coefficient (Wildman–Crippen LogP) is 2.49. The Labute approximate surface area is 131 Å². The number of carbonyl (C=O) groups excluding carboxylic acids is 1. The van der Waals surface area contributed by atoms with Crippen molar-refractivity contribution in [3.8, 4) is 0 Å². The third kappa shape index (κ3) is 3.27. The summed E-state index contributed by atoms with van der Waals surface area (Å²) < 4.78 is 0. The lowest BCUT2D eigenvalue weighted by Gasteiger charge is -2.21. The van der Waals surface area contributed by atoms with Crippen LogP contribution in [0.3, 0.4) is 0 Å². The SMILES string of the molecule is CN1CCN(C(=O)CCc2ccccc2)Cc2cccnc21.